The Morgan fingerprint density at radius 1 is 1.05 bits per heavy atom. The Morgan fingerprint density at radius 3 is 1.90 bits per heavy atom. The van der Waals surface area contributed by atoms with Crippen molar-refractivity contribution in [1.82, 2.24) is 9.80 Å². The van der Waals surface area contributed by atoms with Gasteiger partial charge in [-0.15, -0.1) is 0 Å². The maximum atomic E-state index is 12.7. The number of hydrogen-bond acceptors (Lipinski definition) is 4. The molecule has 0 radical (unpaired) electrons. The molecule has 0 aromatic carbocycles. The van der Waals surface area contributed by atoms with E-state index in [1.54, 1.807) is 16.7 Å². The van der Waals surface area contributed by atoms with E-state index in [-0.39, 0.29) is 18.4 Å². The topological polar surface area (TPSA) is 66.9 Å². The number of carbonyl (C=O) groups is 3. The highest BCUT2D eigenvalue weighted by Gasteiger charge is 2.41. The molecule has 21 heavy (non-hydrogen) atoms. The largest absolute Gasteiger partial charge is 0.465 e. The van der Waals surface area contributed by atoms with Gasteiger partial charge < -0.3 is 14.5 Å². The molecule has 1 unspecified atom stereocenters. The van der Waals surface area contributed by atoms with Crippen molar-refractivity contribution in [3.05, 3.63) is 0 Å². The number of rotatable bonds is 3. The van der Waals surface area contributed by atoms with Crippen LogP contribution in [0.5, 0.6) is 0 Å². The van der Waals surface area contributed by atoms with E-state index in [9.17, 15) is 14.4 Å². The second-order valence-electron chi connectivity index (χ2n) is 6.38. The van der Waals surface area contributed by atoms with Crippen LogP contribution in [0.25, 0.3) is 0 Å². The zero-order chi connectivity index (χ0) is 16.2. The van der Waals surface area contributed by atoms with Crippen LogP contribution in [0, 0.1) is 11.3 Å². The molecular weight excluding hydrogens is 272 g/mol. The first-order chi connectivity index (χ1) is 9.68. The molecule has 2 amide bonds. The van der Waals surface area contributed by atoms with Gasteiger partial charge in [0.2, 0.25) is 11.8 Å². The first kappa shape index (κ1) is 17.5. The summed E-state index contributed by atoms with van der Waals surface area (Å²) in [4.78, 5) is 39.4. The zero-order valence-electron chi connectivity index (χ0n) is 13.6. The standard InChI is InChI=1S/C15H26N2O4/c1-6-21-14(20)12(15(3,4)5)13(19)17-9-7-16(8-10-17)11(2)18/h12H,6-10H2,1-5H3. The highest BCUT2D eigenvalue weighted by Crippen LogP contribution is 2.29. The molecule has 1 saturated heterocycles. The monoisotopic (exact) mass is 298 g/mol. The van der Waals surface area contributed by atoms with E-state index >= 15 is 0 Å². The summed E-state index contributed by atoms with van der Waals surface area (Å²) in [6.45, 7) is 11.0. The quantitative estimate of drug-likeness (QED) is 0.573. The molecule has 0 spiro atoms. The zero-order valence-corrected chi connectivity index (χ0v) is 13.6. The maximum absolute atomic E-state index is 12.7. The number of carbonyl (C=O) groups excluding carboxylic acids is 3. The van der Waals surface area contributed by atoms with Gasteiger partial charge in [-0.1, -0.05) is 20.8 Å². The Morgan fingerprint density at radius 2 is 1.52 bits per heavy atom. The predicted molar refractivity (Wildman–Crippen MR) is 78.4 cm³/mol. The summed E-state index contributed by atoms with van der Waals surface area (Å²) in [6, 6.07) is 0. The number of nitrogens with zero attached hydrogens (tertiary/aromatic N) is 2. The second kappa shape index (κ2) is 6.91. The molecule has 0 aromatic rings. The van der Waals surface area contributed by atoms with Gasteiger partial charge in [0.1, 0.15) is 5.92 Å². The highest BCUT2D eigenvalue weighted by molar-refractivity contribution is 5.98. The minimum Gasteiger partial charge on any atom is -0.465 e. The van der Waals surface area contributed by atoms with Crippen LogP contribution in [0.1, 0.15) is 34.6 Å². The fourth-order valence-electron chi connectivity index (χ4n) is 2.47. The van der Waals surface area contributed by atoms with Crippen LogP contribution in [0.2, 0.25) is 0 Å². The molecule has 1 fully saturated rings. The van der Waals surface area contributed by atoms with Crippen molar-refractivity contribution in [1.29, 1.82) is 0 Å². The fourth-order valence-corrected chi connectivity index (χ4v) is 2.47. The minimum absolute atomic E-state index is 0.0138. The lowest BCUT2D eigenvalue weighted by Gasteiger charge is -2.38. The van der Waals surface area contributed by atoms with Crippen LogP contribution >= 0.6 is 0 Å². The molecule has 120 valence electrons. The number of ether oxygens (including phenoxy) is 1. The summed E-state index contributed by atoms with van der Waals surface area (Å²) in [5.74, 6) is -1.46. The van der Waals surface area contributed by atoms with Crippen molar-refractivity contribution in [2.24, 2.45) is 11.3 Å². The lowest BCUT2D eigenvalue weighted by molar-refractivity contribution is -0.162. The average molecular weight is 298 g/mol. The predicted octanol–water partition coefficient (Wildman–Crippen LogP) is 0.902. The second-order valence-corrected chi connectivity index (χ2v) is 6.38. The average Bonchev–Trinajstić information content (AvgIpc) is 2.37. The molecule has 1 aliphatic heterocycles. The smallest absolute Gasteiger partial charge is 0.319 e. The fraction of sp³-hybridized carbons (Fsp3) is 0.800. The summed E-state index contributed by atoms with van der Waals surface area (Å²) < 4.78 is 5.05. The Labute approximate surface area is 126 Å². The lowest BCUT2D eigenvalue weighted by atomic mass is 9.79. The molecule has 6 heteroatoms. The van der Waals surface area contributed by atoms with E-state index in [0.717, 1.165) is 0 Å². The van der Waals surface area contributed by atoms with Crippen molar-refractivity contribution in [3.63, 3.8) is 0 Å². The molecule has 0 saturated carbocycles. The Hall–Kier alpha value is -1.59. The molecule has 1 rings (SSSR count). The summed E-state index contributed by atoms with van der Waals surface area (Å²) in [6.07, 6.45) is 0. The number of hydrogen-bond donors (Lipinski definition) is 0. The SMILES string of the molecule is CCOC(=O)C(C(=O)N1CCN(C(C)=O)CC1)C(C)(C)C. The van der Waals surface area contributed by atoms with Crippen LogP contribution in [0.3, 0.4) is 0 Å². The molecule has 0 bridgehead atoms. The van der Waals surface area contributed by atoms with Gasteiger partial charge in [-0.3, -0.25) is 14.4 Å². The van der Waals surface area contributed by atoms with Gasteiger partial charge in [-0.25, -0.2) is 0 Å². The normalized spacial score (nSPS) is 17.4. The Kier molecular flexibility index (Phi) is 5.75. The van der Waals surface area contributed by atoms with Crippen molar-refractivity contribution < 1.29 is 19.1 Å². The number of amides is 2. The number of piperazine rings is 1. The molecule has 0 N–H and O–H groups in total. The molecule has 0 aliphatic carbocycles. The molecule has 1 atom stereocenters. The van der Waals surface area contributed by atoms with E-state index in [2.05, 4.69) is 0 Å². The van der Waals surface area contributed by atoms with Gasteiger partial charge in [-0.2, -0.15) is 0 Å². The van der Waals surface area contributed by atoms with Crippen molar-refractivity contribution in [2.45, 2.75) is 34.6 Å². The third kappa shape index (κ3) is 4.44. The van der Waals surface area contributed by atoms with Crippen LogP contribution < -0.4 is 0 Å². The highest BCUT2D eigenvalue weighted by atomic mass is 16.5. The van der Waals surface area contributed by atoms with Gasteiger partial charge in [-0.05, 0) is 12.3 Å². The Balaban J connectivity index is 2.78. The molecule has 0 aromatic heterocycles. The third-order valence-electron chi connectivity index (χ3n) is 3.67. The summed E-state index contributed by atoms with van der Waals surface area (Å²) in [7, 11) is 0. The molecular formula is C15H26N2O4. The van der Waals surface area contributed by atoms with E-state index in [4.69, 9.17) is 4.74 Å². The molecule has 1 heterocycles. The van der Waals surface area contributed by atoms with Crippen LogP contribution in [0.4, 0.5) is 0 Å². The van der Waals surface area contributed by atoms with Gasteiger partial charge in [0, 0.05) is 33.1 Å². The summed E-state index contributed by atoms with van der Waals surface area (Å²) >= 11 is 0. The van der Waals surface area contributed by atoms with Gasteiger partial charge in [0.05, 0.1) is 6.61 Å². The lowest BCUT2D eigenvalue weighted by Crippen LogP contribution is -2.54. The van der Waals surface area contributed by atoms with Crippen molar-refractivity contribution in [2.75, 3.05) is 32.8 Å². The van der Waals surface area contributed by atoms with Crippen LogP contribution in [0.15, 0.2) is 0 Å². The van der Waals surface area contributed by atoms with Crippen LogP contribution in [-0.2, 0) is 19.1 Å². The summed E-state index contributed by atoms with van der Waals surface area (Å²) in [5.41, 5.74) is -0.499. The maximum Gasteiger partial charge on any atom is 0.319 e. The summed E-state index contributed by atoms with van der Waals surface area (Å²) in [5, 5.41) is 0. The van der Waals surface area contributed by atoms with Gasteiger partial charge >= 0.3 is 5.97 Å². The van der Waals surface area contributed by atoms with E-state index in [1.165, 1.54) is 6.92 Å². The van der Waals surface area contributed by atoms with Crippen molar-refractivity contribution in [3.8, 4) is 0 Å². The van der Waals surface area contributed by atoms with Gasteiger partial charge in [0.25, 0.3) is 0 Å². The third-order valence-corrected chi connectivity index (χ3v) is 3.67. The van der Waals surface area contributed by atoms with Crippen LogP contribution in [-0.4, -0.2) is 60.4 Å². The number of esters is 1. The van der Waals surface area contributed by atoms with E-state index in [0.29, 0.717) is 26.2 Å². The van der Waals surface area contributed by atoms with Gasteiger partial charge in [0.15, 0.2) is 0 Å². The van der Waals surface area contributed by atoms with E-state index < -0.39 is 17.3 Å². The van der Waals surface area contributed by atoms with E-state index in [1.807, 2.05) is 20.8 Å². The molecule has 6 nitrogen and oxygen atoms in total. The Bertz CT molecular complexity index is 406. The first-order valence-corrected chi connectivity index (χ1v) is 7.39. The first-order valence-electron chi connectivity index (χ1n) is 7.39. The molecule has 1 aliphatic rings. The minimum atomic E-state index is -0.804. The van der Waals surface area contributed by atoms with Crippen molar-refractivity contribution >= 4 is 17.8 Å².